The van der Waals surface area contributed by atoms with Gasteiger partial charge in [-0.2, -0.15) is 0 Å². The maximum Gasteiger partial charge on any atom is 0.255 e. The van der Waals surface area contributed by atoms with Crippen LogP contribution in [-0.2, 0) is 32.1 Å². The maximum absolute atomic E-state index is 13.5. The fourth-order valence-electron chi connectivity index (χ4n) is 4.45. The molecule has 10 heteroatoms. The number of amides is 3. The Morgan fingerprint density at radius 1 is 1.07 bits per heavy atom. The smallest absolute Gasteiger partial charge is 0.255 e. The van der Waals surface area contributed by atoms with Crippen molar-refractivity contribution < 1.29 is 19.1 Å². The number of carbonyl (C=O) groups excluding carboxylic acids is 3. The van der Waals surface area contributed by atoms with Gasteiger partial charge in [-0.1, -0.05) is 53.5 Å². The number of fused-ring (bicyclic) bond motifs is 1. The van der Waals surface area contributed by atoms with Crippen molar-refractivity contribution in [3.63, 3.8) is 0 Å². The van der Waals surface area contributed by atoms with Gasteiger partial charge in [0.25, 0.3) is 5.91 Å². The molecule has 8 nitrogen and oxygen atoms in total. The van der Waals surface area contributed by atoms with Crippen molar-refractivity contribution in [2.24, 2.45) is 5.73 Å². The summed E-state index contributed by atoms with van der Waals surface area (Å²) in [4.78, 5) is 39.9. The van der Waals surface area contributed by atoms with Gasteiger partial charge in [0, 0.05) is 42.7 Å². The Kier molecular flexibility index (Phi) is 9.50. The number of ether oxygens (including phenoxy) is 1. The zero-order chi connectivity index (χ0) is 29.7. The summed E-state index contributed by atoms with van der Waals surface area (Å²) in [6.07, 6.45) is 3.69. The second-order valence-corrected chi connectivity index (χ2v) is 10.2. The second kappa shape index (κ2) is 13.0. The van der Waals surface area contributed by atoms with Crippen molar-refractivity contribution in [1.29, 1.82) is 0 Å². The van der Waals surface area contributed by atoms with Crippen LogP contribution < -0.4 is 20.9 Å². The van der Waals surface area contributed by atoms with Gasteiger partial charge in [-0.15, -0.1) is 0 Å². The van der Waals surface area contributed by atoms with E-state index in [1.807, 2.05) is 43.3 Å². The largest absolute Gasteiger partial charge is 0.491 e. The lowest BCUT2D eigenvalue weighted by molar-refractivity contribution is -0.117. The predicted molar refractivity (Wildman–Crippen MR) is 164 cm³/mol. The summed E-state index contributed by atoms with van der Waals surface area (Å²) in [6, 6.07) is 18.1. The summed E-state index contributed by atoms with van der Waals surface area (Å²) in [5, 5.41) is 3.40. The van der Waals surface area contributed by atoms with Crippen LogP contribution in [0.4, 0.5) is 17.1 Å². The Bertz CT molecular complexity index is 1550. The zero-order valence-corrected chi connectivity index (χ0v) is 24.4. The van der Waals surface area contributed by atoms with E-state index in [4.69, 9.17) is 33.7 Å². The molecule has 212 valence electrons. The van der Waals surface area contributed by atoms with Gasteiger partial charge in [0.2, 0.25) is 11.8 Å². The van der Waals surface area contributed by atoms with Crippen molar-refractivity contribution in [3.05, 3.63) is 105 Å². The molecule has 4 rings (SSSR count). The summed E-state index contributed by atoms with van der Waals surface area (Å²) < 4.78 is 6.24. The Morgan fingerprint density at radius 2 is 1.78 bits per heavy atom. The lowest BCUT2D eigenvalue weighted by Gasteiger charge is -2.31. The highest BCUT2D eigenvalue weighted by atomic mass is 35.5. The fraction of sp³-hybridized carbons (Fsp3) is 0.194. The maximum atomic E-state index is 13.5. The molecule has 0 aromatic heterocycles. The summed E-state index contributed by atoms with van der Waals surface area (Å²) in [7, 11) is 1.59. The molecule has 0 saturated heterocycles. The molecule has 0 aliphatic carbocycles. The van der Waals surface area contributed by atoms with E-state index < -0.39 is 0 Å². The molecule has 3 aromatic carbocycles. The number of allylic oxidation sites excluding steroid dienone is 2. The highest BCUT2D eigenvalue weighted by molar-refractivity contribution is 6.38. The molecular weight excluding hydrogens is 563 g/mol. The van der Waals surface area contributed by atoms with Crippen LogP contribution in [0.2, 0.25) is 10.0 Å². The van der Waals surface area contributed by atoms with Crippen LogP contribution in [0.1, 0.15) is 30.5 Å². The summed E-state index contributed by atoms with van der Waals surface area (Å²) in [5.41, 5.74) is 10.3. The third kappa shape index (κ3) is 6.79. The average molecular weight is 594 g/mol. The van der Waals surface area contributed by atoms with E-state index in [9.17, 15) is 14.4 Å². The minimum atomic E-state index is -0.297. The summed E-state index contributed by atoms with van der Waals surface area (Å²) >= 11 is 13.1. The lowest BCUT2D eigenvalue weighted by atomic mass is 10.0. The Hall–Kier alpha value is -4.11. The van der Waals surface area contributed by atoms with E-state index in [0.29, 0.717) is 39.8 Å². The molecule has 0 spiro atoms. The normalized spacial score (nSPS) is 12.8. The molecule has 0 unspecified atom stereocenters. The molecule has 0 saturated carbocycles. The van der Waals surface area contributed by atoms with Gasteiger partial charge < -0.3 is 20.7 Å². The molecule has 1 heterocycles. The van der Waals surface area contributed by atoms with E-state index in [1.54, 1.807) is 42.3 Å². The number of anilines is 3. The van der Waals surface area contributed by atoms with E-state index in [-0.39, 0.29) is 35.9 Å². The number of nitrogens with one attached hydrogen (secondary N) is 1. The summed E-state index contributed by atoms with van der Waals surface area (Å²) in [5.74, 6) is -0.107. The second-order valence-electron chi connectivity index (χ2n) is 9.43. The monoisotopic (exact) mass is 592 g/mol. The number of hydrogen-bond donors (Lipinski definition) is 2. The Labute approximate surface area is 249 Å². The molecule has 1 aliphatic heterocycles. The topological polar surface area (TPSA) is 105 Å². The predicted octanol–water partition coefficient (Wildman–Crippen LogP) is 5.92. The van der Waals surface area contributed by atoms with Crippen molar-refractivity contribution in [2.45, 2.75) is 26.9 Å². The van der Waals surface area contributed by atoms with Crippen LogP contribution in [0.3, 0.4) is 0 Å². The van der Waals surface area contributed by atoms with Gasteiger partial charge in [-0.25, -0.2) is 0 Å². The van der Waals surface area contributed by atoms with Crippen LogP contribution in [0.25, 0.3) is 6.08 Å². The van der Waals surface area contributed by atoms with Gasteiger partial charge in [-0.05, 0) is 54.5 Å². The Morgan fingerprint density at radius 3 is 2.46 bits per heavy atom. The highest BCUT2D eigenvalue weighted by Crippen LogP contribution is 2.37. The molecule has 0 fully saturated rings. The number of nitrogens with two attached hydrogens (primary N) is 1. The summed E-state index contributed by atoms with van der Waals surface area (Å²) in [6.45, 7) is 3.14. The average Bonchev–Trinajstić information content (AvgIpc) is 2.95. The van der Waals surface area contributed by atoms with Crippen molar-refractivity contribution >= 4 is 64.1 Å². The van der Waals surface area contributed by atoms with Gasteiger partial charge in [0.15, 0.2) is 0 Å². The minimum Gasteiger partial charge on any atom is -0.491 e. The first kappa shape index (κ1) is 29.9. The van der Waals surface area contributed by atoms with Crippen molar-refractivity contribution in [3.8, 4) is 0 Å². The first-order valence-corrected chi connectivity index (χ1v) is 13.6. The zero-order valence-electron chi connectivity index (χ0n) is 22.9. The van der Waals surface area contributed by atoms with E-state index >= 15 is 0 Å². The number of likely N-dealkylation sites (N-methyl/N-ethyl adjacent to an activating group) is 1. The molecule has 41 heavy (non-hydrogen) atoms. The lowest BCUT2D eigenvalue weighted by Crippen LogP contribution is -2.33. The third-order valence-corrected chi connectivity index (χ3v) is 7.43. The molecule has 0 atom stereocenters. The van der Waals surface area contributed by atoms with E-state index in [0.717, 1.165) is 16.8 Å². The van der Waals surface area contributed by atoms with Gasteiger partial charge in [0.05, 0.1) is 28.6 Å². The van der Waals surface area contributed by atoms with Gasteiger partial charge in [0.1, 0.15) is 12.4 Å². The third-order valence-electron chi connectivity index (χ3n) is 6.66. The van der Waals surface area contributed by atoms with Crippen LogP contribution in [-0.4, -0.2) is 31.3 Å². The standard InChI is InChI=1S/C31H30Cl2N4O4/c1-19-28(41-18-24-25(32)13-14-27(31(24)33)36(3)30(40)17-34)16-22-6-4-5-7-26(22)37(19)29(39)15-10-21-8-11-23(12-9-21)35-20(2)38/h4-15H,16-18,34H2,1-3H3,(H,35,38). The van der Waals surface area contributed by atoms with Crippen LogP contribution >= 0.6 is 23.2 Å². The van der Waals surface area contributed by atoms with Gasteiger partial charge in [-0.3, -0.25) is 19.3 Å². The number of hydrogen-bond acceptors (Lipinski definition) is 5. The quantitative estimate of drug-likeness (QED) is 0.316. The molecule has 3 aromatic rings. The number of halogens is 2. The number of para-hydroxylation sites is 1. The minimum absolute atomic E-state index is 0.0313. The van der Waals surface area contributed by atoms with Crippen molar-refractivity contribution in [1.82, 2.24) is 0 Å². The molecular formula is C31H30Cl2N4O4. The van der Waals surface area contributed by atoms with Crippen LogP contribution in [0.5, 0.6) is 0 Å². The fourth-order valence-corrected chi connectivity index (χ4v) is 5.06. The first-order chi connectivity index (χ1) is 19.6. The first-order valence-electron chi connectivity index (χ1n) is 12.8. The highest BCUT2D eigenvalue weighted by Gasteiger charge is 2.28. The van der Waals surface area contributed by atoms with E-state index in [1.165, 1.54) is 17.9 Å². The van der Waals surface area contributed by atoms with Crippen LogP contribution in [0, 0.1) is 0 Å². The molecule has 3 N–H and O–H groups in total. The van der Waals surface area contributed by atoms with Gasteiger partial charge >= 0.3 is 0 Å². The number of rotatable bonds is 8. The number of benzene rings is 3. The molecule has 1 aliphatic rings. The van der Waals surface area contributed by atoms with Crippen LogP contribution in [0.15, 0.2) is 78.2 Å². The molecule has 0 radical (unpaired) electrons. The molecule has 3 amide bonds. The SMILES string of the molecule is CC(=O)Nc1ccc(C=CC(=O)N2C(C)=C(OCc3c(Cl)ccc(N(C)C(=O)CN)c3Cl)Cc3ccccc32)cc1. The van der Waals surface area contributed by atoms with Crippen molar-refractivity contribution in [2.75, 3.05) is 28.7 Å². The number of carbonyl (C=O) groups is 3. The van der Waals surface area contributed by atoms with E-state index in [2.05, 4.69) is 5.32 Å². The Balaban J connectivity index is 1.59. The number of nitrogens with zero attached hydrogens (tertiary/aromatic N) is 2. The molecule has 0 bridgehead atoms.